The first-order valence-corrected chi connectivity index (χ1v) is 7.06. The van der Waals surface area contributed by atoms with Gasteiger partial charge in [0.1, 0.15) is 6.54 Å². The number of benzodiazepines with no additional fused rings is 1. The van der Waals surface area contributed by atoms with Crippen LogP contribution in [0.5, 0.6) is 0 Å². The van der Waals surface area contributed by atoms with Crippen LogP contribution in [-0.2, 0) is 14.3 Å². The van der Waals surface area contributed by atoms with Crippen LogP contribution in [0.15, 0.2) is 53.5 Å². The highest BCUT2D eigenvalue weighted by atomic mass is 16.5. The molecule has 6 nitrogen and oxygen atoms in total. The number of benzene rings is 2. The summed E-state index contributed by atoms with van der Waals surface area (Å²) < 4.78 is 4.77. The summed E-state index contributed by atoms with van der Waals surface area (Å²) >= 11 is 0. The van der Waals surface area contributed by atoms with Gasteiger partial charge in [0, 0.05) is 16.9 Å². The minimum atomic E-state index is -0.570. The largest absolute Gasteiger partial charge is 0.464 e. The van der Waals surface area contributed by atoms with E-state index in [1.807, 2.05) is 36.4 Å². The predicted octanol–water partition coefficient (Wildman–Crippen LogP) is 2.34. The van der Waals surface area contributed by atoms with Crippen LogP contribution in [0, 0.1) is 0 Å². The average Bonchev–Trinajstić information content (AvgIpc) is 2.73. The van der Waals surface area contributed by atoms with Crippen molar-refractivity contribution >= 4 is 34.7 Å². The molecular formula is C17H15N3O3. The molecule has 6 heteroatoms. The molecule has 1 aliphatic rings. The molecule has 0 fully saturated rings. The fraction of sp³-hybridized carbons (Fsp3) is 0.118. The van der Waals surface area contributed by atoms with Crippen molar-refractivity contribution in [2.75, 3.05) is 24.3 Å². The molecule has 2 aromatic carbocycles. The van der Waals surface area contributed by atoms with Gasteiger partial charge in [0.25, 0.3) is 0 Å². The number of carbonyl (C=O) groups is 2. The number of aliphatic imine (C=N–C) groups is 1. The van der Waals surface area contributed by atoms with Crippen molar-refractivity contribution in [3.63, 3.8) is 0 Å². The number of nitrogens with zero attached hydrogens (tertiary/aromatic N) is 1. The molecule has 1 heterocycles. The Morgan fingerprint density at radius 3 is 2.70 bits per heavy atom. The summed E-state index contributed by atoms with van der Waals surface area (Å²) in [6.45, 7) is -0.111. The molecule has 2 aromatic rings. The van der Waals surface area contributed by atoms with Crippen LogP contribution in [0.3, 0.4) is 0 Å². The van der Waals surface area contributed by atoms with Gasteiger partial charge in [-0.1, -0.05) is 18.2 Å². The number of ether oxygens (including phenoxy) is 1. The fourth-order valence-electron chi connectivity index (χ4n) is 2.31. The zero-order valence-electron chi connectivity index (χ0n) is 12.5. The number of nitrogens with one attached hydrogen (secondary N) is 2. The summed E-state index contributed by atoms with van der Waals surface area (Å²) in [5, 5.41) is 5.98. The Bertz CT molecular complexity index is 785. The van der Waals surface area contributed by atoms with Crippen molar-refractivity contribution in [1.82, 2.24) is 0 Å². The van der Waals surface area contributed by atoms with Crippen LogP contribution in [0.2, 0.25) is 0 Å². The molecule has 2 N–H and O–H groups in total. The lowest BCUT2D eigenvalue weighted by Crippen LogP contribution is -2.17. The van der Waals surface area contributed by atoms with Crippen LogP contribution in [0.1, 0.15) is 5.56 Å². The number of amides is 1. The summed E-state index contributed by atoms with van der Waals surface area (Å²) in [4.78, 5) is 27.7. The standard InChI is InChI=1S/C17H15N3O3/c1-23-17(22)16-13-9-12(19-11-5-3-2-4-6-11)7-8-14(13)20-15(21)10-18-16/h2-9,19H,10H2,1H3,(H,20,21). The fourth-order valence-corrected chi connectivity index (χ4v) is 2.31. The lowest BCUT2D eigenvalue weighted by Gasteiger charge is -2.12. The van der Waals surface area contributed by atoms with E-state index in [0.717, 1.165) is 11.4 Å². The quantitative estimate of drug-likeness (QED) is 0.853. The van der Waals surface area contributed by atoms with E-state index in [1.165, 1.54) is 7.11 Å². The Balaban J connectivity index is 2.00. The van der Waals surface area contributed by atoms with Crippen LogP contribution < -0.4 is 10.6 Å². The van der Waals surface area contributed by atoms with E-state index in [-0.39, 0.29) is 18.2 Å². The minimum absolute atomic E-state index is 0.111. The van der Waals surface area contributed by atoms with Crippen LogP contribution >= 0.6 is 0 Å². The van der Waals surface area contributed by atoms with E-state index in [0.29, 0.717) is 11.3 Å². The second-order valence-electron chi connectivity index (χ2n) is 4.96. The first-order chi connectivity index (χ1) is 11.2. The highest BCUT2D eigenvalue weighted by molar-refractivity contribution is 6.45. The Morgan fingerprint density at radius 1 is 1.17 bits per heavy atom. The lowest BCUT2D eigenvalue weighted by molar-refractivity contribution is -0.132. The SMILES string of the molecule is COC(=O)C1=NCC(=O)Nc2ccc(Nc3ccccc3)cc21. The van der Waals surface area contributed by atoms with Gasteiger partial charge in [0.15, 0.2) is 5.71 Å². The van der Waals surface area contributed by atoms with E-state index in [2.05, 4.69) is 15.6 Å². The van der Waals surface area contributed by atoms with Gasteiger partial charge in [-0.3, -0.25) is 9.79 Å². The van der Waals surface area contributed by atoms with E-state index >= 15 is 0 Å². The monoisotopic (exact) mass is 309 g/mol. The normalized spacial score (nSPS) is 13.3. The number of hydrogen-bond donors (Lipinski definition) is 2. The van der Waals surface area contributed by atoms with Crippen molar-refractivity contribution in [3.05, 3.63) is 54.1 Å². The maximum absolute atomic E-state index is 11.9. The van der Waals surface area contributed by atoms with Gasteiger partial charge in [0.05, 0.1) is 12.8 Å². The molecule has 1 amide bonds. The zero-order chi connectivity index (χ0) is 16.2. The minimum Gasteiger partial charge on any atom is -0.464 e. The zero-order valence-corrected chi connectivity index (χ0v) is 12.5. The van der Waals surface area contributed by atoms with Crippen molar-refractivity contribution in [2.45, 2.75) is 0 Å². The molecule has 0 aromatic heterocycles. The highest BCUT2D eigenvalue weighted by Gasteiger charge is 2.23. The maximum atomic E-state index is 11.9. The van der Waals surface area contributed by atoms with Gasteiger partial charge in [-0.15, -0.1) is 0 Å². The van der Waals surface area contributed by atoms with Crippen LogP contribution in [0.25, 0.3) is 0 Å². The van der Waals surface area contributed by atoms with Crippen molar-refractivity contribution in [2.24, 2.45) is 4.99 Å². The molecule has 0 unspecified atom stereocenters. The van der Waals surface area contributed by atoms with Gasteiger partial charge in [0.2, 0.25) is 5.91 Å². The van der Waals surface area contributed by atoms with Crippen molar-refractivity contribution in [1.29, 1.82) is 0 Å². The summed E-state index contributed by atoms with van der Waals surface area (Å²) in [7, 11) is 1.29. The van der Waals surface area contributed by atoms with E-state index in [9.17, 15) is 9.59 Å². The Labute approximate surface area is 133 Å². The van der Waals surface area contributed by atoms with E-state index in [1.54, 1.807) is 12.1 Å². The van der Waals surface area contributed by atoms with Gasteiger partial charge < -0.3 is 15.4 Å². The summed E-state index contributed by atoms with van der Waals surface area (Å²) in [5.41, 5.74) is 2.90. The molecule has 0 saturated carbocycles. The number of carbonyl (C=O) groups excluding carboxylic acids is 2. The van der Waals surface area contributed by atoms with Crippen LogP contribution in [0.4, 0.5) is 17.1 Å². The molecule has 3 rings (SSSR count). The van der Waals surface area contributed by atoms with E-state index < -0.39 is 5.97 Å². The first-order valence-electron chi connectivity index (χ1n) is 7.06. The molecular weight excluding hydrogens is 294 g/mol. The number of anilines is 3. The molecule has 23 heavy (non-hydrogen) atoms. The maximum Gasteiger partial charge on any atom is 0.356 e. The molecule has 0 spiro atoms. The topological polar surface area (TPSA) is 79.8 Å². The molecule has 1 aliphatic heterocycles. The molecule has 0 aliphatic carbocycles. The molecule has 0 bridgehead atoms. The second-order valence-corrected chi connectivity index (χ2v) is 4.96. The van der Waals surface area contributed by atoms with Gasteiger partial charge in [-0.25, -0.2) is 4.79 Å². The lowest BCUT2D eigenvalue weighted by atomic mass is 10.1. The van der Waals surface area contributed by atoms with Gasteiger partial charge >= 0.3 is 5.97 Å². The number of para-hydroxylation sites is 1. The first kappa shape index (κ1) is 14.8. The Morgan fingerprint density at radius 2 is 1.96 bits per heavy atom. The van der Waals surface area contributed by atoms with Crippen LogP contribution in [-0.4, -0.2) is 31.2 Å². The number of esters is 1. The molecule has 116 valence electrons. The molecule has 0 radical (unpaired) electrons. The number of rotatable bonds is 3. The second kappa shape index (κ2) is 6.31. The summed E-state index contributed by atoms with van der Waals surface area (Å²) in [6.07, 6.45) is 0. The molecule has 0 atom stereocenters. The Kier molecular flexibility index (Phi) is 4.05. The third kappa shape index (κ3) is 3.21. The van der Waals surface area contributed by atoms with Crippen molar-refractivity contribution in [3.8, 4) is 0 Å². The summed E-state index contributed by atoms with van der Waals surface area (Å²) in [6, 6.07) is 15.0. The third-order valence-electron chi connectivity index (χ3n) is 3.37. The van der Waals surface area contributed by atoms with Gasteiger partial charge in [-0.05, 0) is 30.3 Å². The number of methoxy groups -OCH3 is 1. The summed E-state index contributed by atoms with van der Waals surface area (Å²) in [5.74, 6) is -0.839. The van der Waals surface area contributed by atoms with Crippen molar-refractivity contribution < 1.29 is 14.3 Å². The Hall–Kier alpha value is -3.15. The third-order valence-corrected chi connectivity index (χ3v) is 3.37. The smallest absolute Gasteiger partial charge is 0.356 e. The predicted molar refractivity (Wildman–Crippen MR) is 88.2 cm³/mol. The van der Waals surface area contributed by atoms with E-state index in [4.69, 9.17) is 4.74 Å². The average molecular weight is 309 g/mol. The van der Waals surface area contributed by atoms with Gasteiger partial charge in [-0.2, -0.15) is 0 Å². The molecule has 0 saturated heterocycles. The number of hydrogen-bond acceptors (Lipinski definition) is 5. The highest BCUT2D eigenvalue weighted by Crippen LogP contribution is 2.26. The number of fused-ring (bicyclic) bond motifs is 1.